The molecule has 4 aliphatic rings. The van der Waals surface area contributed by atoms with Crippen LogP contribution < -0.4 is 0 Å². The van der Waals surface area contributed by atoms with Crippen LogP contribution in [0, 0.1) is 40.4 Å². The molecule has 4 rings (SSSR count). The number of aliphatic carboxylic acids is 1. The summed E-state index contributed by atoms with van der Waals surface area (Å²) in [5.74, 6) is 1.81. The molecule has 0 spiro atoms. The van der Waals surface area contributed by atoms with Gasteiger partial charge in [-0.2, -0.15) is 0 Å². The molecule has 0 radical (unpaired) electrons. The van der Waals surface area contributed by atoms with Crippen molar-refractivity contribution in [1.29, 1.82) is 0 Å². The smallest absolute Gasteiger partial charge is 0.307 e. The molecule has 4 saturated carbocycles. The van der Waals surface area contributed by atoms with Gasteiger partial charge in [-0.3, -0.25) is 9.59 Å². The van der Waals surface area contributed by atoms with E-state index in [9.17, 15) is 14.7 Å². The summed E-state index contributed by atoms with van der Waals surface area (Å²) in [6, 6.07) is 0. The van der Waals surface area contributed by atoms with E-state index in [0.29, 0.717) is 23.2 Å². The summed E-state index contributed by atoms with van der Waals surface area (Å²) in [6.45, 7) is 6.28. The standard InChI is InChI=1S/C22H34O4/c1-13(23)26-15-8-10-21(2)14(12-15)4-5-16-17-6-7-19(20(24)25)22(17,3)11-9-18(16)21/h14-19H,4-12H2,1-3H3,(H,24,25)/t14-,15-,16-,17-,18-,19+,21-,22-/m0/s1. The largest absolute Gasteiger partial charge is 0.481 e. The van der Waals surface area contributed by atoms with Crippen molar-refractivity contribution in [3.05, 3.63) is 0 Å². The van der Waals surface area contributed by atoms with Gasteiger partial charge in [-0.25, -0.2) is 0 Å². The number of carboxylic acid groups (broad SMARTS) is 1. The molecule has 0 heterocycles. The molecule has 4 nitrogen and oxygen atoms in total. The van der Waals surface area contributed by atoms with Crippen LogP contribution in [0.5, 0.6) is 0 Å². The van der Waals surface area contributed by atoms with Gasteiger partial charge in [-0.15, -0.1) is 0 Å². The minimum absolute atomic E-state index is 0.00510. The lowest BCUT2D eigenvalue weighted by molar-refractivity contribution is -0.163. The van der Waals surface area contributed by atoms with E-state index in [1.54, 1.807) is 0 Å². The van der Waals surface area contributed by atoms with E-state index >= 15 is 0 Å². The lowest BCUT2D eigenvalue weighted by atomic mass is 9.44. The molecular weight excluding hydrogens is 328 g/mol. The number of hydrogen-bond donors (Lipinski definition) is 1. The van der Waals surface area contributed by atoms with Crippen molar-refractivity contribution in [2.45, 2.75) is 84.7 Å². The topological polar surface area (TPSA) is 63.6 Å². The predicted octanol–water partition coefficient (Wildman–Crippen LogP) is 4.66. The first kappa shape index (κ1) is 18.3. The highest BCUT2D eigenvalue weighted by Gasteiger charge is 2.61. The number of carbonyl (C=O) groups excluding carboxylic acids is 1. The lowest BCUT2D eigenvalue weighted by Crippen LogP contribution is -2.54. The van der Waals surface area contributed by atoms with Crippen molar-refractivity contribution in [3.8, 4) is 0 Å². The van der Waals surface area contributed by atoms with Crippen LogP contribution >= 0.6 is 0 Å². The SMILES string of the molecule is CC(=O)O[C@H]1CC[C@@]2(C)[C@@H](CC[C@@H]3[C@@H]2CC[C@]2(C)[C@@H](C(=O)O)CC[C@@H]32)C1. The molecule has 0 aliphatic heterocycles. The normalized spacial score (nSPS) is 50.3. The molecule has 0 bridgehead atoms. The Balaban J connectivity index is 1.54. The third-order valence-electron chi connectivity index (χ3n) is 9.25. The van der Waals surface area contributed by atoms with Crippen LogP contribution in [0.1, 0.15) is 78.6 Å². The van der Waals surface area contributed by atoms with Crippen LogP contribution in [0.3, 0.4) is 0 Å². The highest BCUT2D eigenvalue weighted by Crippen LogP contribution is 2.67. The molecule has 4 heteroatoms. The van der Waals surface area contributed by atoms with E-state index in [4.69, 9.17) is 4.74 Å². The van der Waals surface area contributed by atoms with Gasteiger partial charge in [-0.05, 0) is 92.3 Å². The van der Waals surface area contributed by atoms with Crippen LogP contribution in [0.25, 0.3) is 0 Å². The molecule has 8 atom stereocenters. The average molecular weight is 363 g/mol. The highest BCUT2D eigenvalue weighted by molar-refractivity contribution is 5.71. The van der Waals surface area contributed by atoms with Crippen molar-refractivity contribution in [3.63, 3.8) is 0 Å². The number of ether oxygens (including phenoxy) is 1. The zero-order valence-electron chi connectivity index (χ0n) is 16.5. The summed E-state index contributed by atoms with van der Waals surface area (Å²) in [4.78, 5) is 23.2. The van der Waals surface area contributed by atoms with E-state index < -0.39 is 5.97 Å². The molecule has 4 aliphatic carbocycles. The minimum Gasteiger partial charge on any atom is -0.481 e. The first-order valence-electron chi connectivity index (χ1n) is 10.7. The summed E-state index contributed by atoms with van der Waals surface area (Å²) in [5.41, 5.74) is 0.355. The van der Waals surface area contributed by atoms with Gasteiger partial charge < -0.3 is 9.84 Å². The highest BCUT2D eigenvalue weighted by atomic mass is 16.5. The van der Waals surface area contributed by atoms with Crippen LogP contribution in [0.4, 0.5) is 0 Å². The number of fused-ring (bicyclic) bond motifs is 5. The van der Waals surface area contributed by atoms with Crippen LogP contribution in [0.2, 0.25) is 0 Å². The summed E-state index contributed by atoms with van der Waals surface area (Å²) in [7, 11) is 0. The second-order valence-electron chi connectivity index (χ2n) is 10.2. The molecule has 146 valence electrons. The molecule has 1 N–H and O–H groups in total. The zero-order chi connectivity index (χ0) is 18.7. The van der Waals surface area contributed by atoms with Crippen molar-refractivity contribution in [2.75, 3.05) is 0 Å². The van der Waals surface area contributed by atoms with Crippen LogP contribution in [-0.2, 0) is 14.3 Å². The van der Waals surface area contributed by atoms with Gasteiger partial charge in [0.2, 0.25) is 0 Å². The van der Waals surface area contributed by atoms with Gasteiger partial charge in [0.05, 0.1) is 5.92 Å². The monoisotopic (exact) mass is 362 g/mol. The van der Waals surface area contributed by atoms with Crippen LogP contribution in [-0.4, -0.2) is 23.1 Å². The fourth-order valence-electron chi connectivity index (χ4n) is 7.97. The predicted molar refractivity (Wildman–Crippen MR) is 98.4 cm³/mol. The lowest BCUT2D eigenvalue weighted by Gasteiger charge is -2.60. The zero-order valence-corrected chi connectivity index (χ0v) is 16.5. The van der Waals surface area contributed by atoms with E-state index in [1.165, 1.54) is 26.2 Å². The fraction of sp³-hybridized carbons (Fsp3) is 0.909. The molecule has 4 fully saturated rings. The van der Waals surface area contributed by atoms with E-state index in [-0.39, 0.29) is 23.4 Å². The first-order chi connectivity index (χ1) is 12.3. The second-order valence-corrected chi connectivity index (χ2v) is 10.2. The van der Waals surface area contributed by atoms with Gasteiger partial charge in [0.1, 0.15) is 6.10 Å². The number of hydrogen-bond acceptors (Lipinski definition) is 3. The molecule has 0 aromatic rings. The Morgan fingerprint density at radius 2 is 1.62 bits per heavy atom. The van der Waals surface area contributed by atoms with Crippen molar-refractivity contribution in [2.24, 2.45) is 40.4 Å². The Kier molecular flexibility index (Phi) is 4.39. The van der Waals surface area contributed by atoms with Crippen LogP contribution in [0.15, 0.2) is 0 Å². The van der Waals surface area contributed by atoms with E-state index in [2.05, 4.69) is 13.8 Å². The van der Waals surface area contributed by atoms with Gasteiger partial charge in [-0.1, -0.05) is 13.8 Å². The molecule has 0 saturated heterocycles. The van der Waals surface area contributed by atoms with Crippen molar-refractivity contribution in [1.82, 2.24) is 0 Å². The molecule has 0 aromatic carbocycles. The van der Waals surface area contributed by atoms with Gasteiger partial charge in [0.25, 0.3) is 0 Å². The van der Waals surface area contributed by atoms with Crippen molar-refractivity contribution >= 4 is 11.9 Å². The molecule has 0 unspecified atom stereocenters. The average Bonchev–Trinajstić information content (AvgIpc) is 2.92. The fourth-order valence-corrected chi connectivity index (χ4v) is 7.97. The van der Waals surface area contributed by atoms with E-state index in [0.717, 1.165) is 44.4 Å². The summed E-state index contributed by atoms with van der Waals surface area (Å²) < 4.78 is 5.54. The van der Waals surface area contributed by atoms with Gasteiger partial charge in [0, 0.05) is 6.92 Å². The Bertz CT molecular complexity index is 601. The Morgan fingerprint density at radius 1 is 0.923 bits per heavy atom. The number of rotatable bonds is 2. The molecule has 0 amide bonds. The second kappa shape index (κ2) is 6.24. The quantitative estimate of drug-likeness (QED) is 0.726. The van der Waals surface area contributed by atoms with Gasteiger partial charge in [0.15, 0.2) is 0 Å². The number of esters is 1. The Labute approximate surface area is 157 Å². The Hall–Kier alpha value is -1.06. The maximum absolute atomic E-state index is 11.8. The number of carboxylic acids is 1. The summed E-state index contributed by atoms with van der Waals surface area (Å²) >= 11 is 0. The van der Waals surface area contributed by atoms with Crippen molar-refractivity contribution < 1.29 is 19.4 Å². The van der Waals surface area contributed by atoms with Gasteiger partial charge >= 0.3 is 11.9 Å². The Morgan fingerprint density at radius 3 is 2.31 bits per heavy atom. The maximum atomic E-state index is 11.8. The minimum atomic E-state index is -0.574. The summed E-state index contributed by atoms with van der Waals surface area (Å²) in [5, 5.41) is 9.71. The molecular formula is C22H34O4. The third kappa shape index (κ3) is 2.62. The number of carbonyl (C=O) groups is 2. The first-order valence-corrected chi connectivity index (χ1v) is 10.7. The third-order valence-corrected chi connectivity index (χ3v) is 9.25. The molecule has 26 heavy (non-hydrogen) atoms. The van der Waals surface area contributed by atoms with E-state index in [1.807, 2.05) is 0 Å². The molecule has 0 aromatic heterocycles. The maximum Gasteiger partial charge on any atom is 0.307 e. The summed E-state index contributed by atoms with van der Waals surface area (Å²) in [6.07, 6.45) is 9.98.